The second-order valence-corrected chi connectivity index (χ2v) is 2.78. The van der Waals surface area contributed by atoms with Crippen LogP contribution in [0.25, 0.3) is 0 Å². The minimum Gasteiger partial charge on any atom is -0.497 e. The topological polar surface area (TPSA) is 73.6 Å². The highest BCUT2D eigenvalue weighted by atomic mass is 35.5. The minimum atomic E-state index is -0.509. The van der Waals surface area contributed by atoms with E-state index in [2.05, 4.69) is 5.32 Å². The molecule has 1 rings (SSSR count). The van der Waals surface area contributed by atoms with Crippen molar-refractivity contribution in [2.75, 3.05) is 20.2 Å². The van der Waals surface area contributed by atoms with Crippen LogP contribution in [0.3, 0.4) is 0 Å². The fraction of sp³-hybridized carbons (Fsp3) is 0.300. The first-order valence-electron chi connectivity index (χ1n) is 4.56. The van der Waals surface area contributed by atoms with Crippen LogP contribution >= 0.6 is 12.4 Å². The number of hydrogen-bond donors (Lipinski definition) is 2. The van der Waals surface area contributed by atoms with Crippen LogP contribution in [-0.2, 0) is 0 Å². The Labute approximate surface area is 100 Å². The summed E-state index contributed by atoms with van der Waals surface area (Å²) < 4.78 is 9.92. The van der Waals surface area contributed by atoms with E-state index in [1.165, 1.54) is 0 Å². The summed E-state index contributed by atoms with van der Waals surface area (Å²) in [5.74, 6) is 1.18. The molecule has 0 saturated heterocycles. The smallest absolute Gasteiger partial charge is 0.412 e. The van der Waals surface area contributed by atoms with Gasteiger partial charge in [-0.05, 0) is 24.3 Å². The summed E-state index contributed by atoms with van der Waals surface area (Å²) in [5, 5.41) is 2.49. The lowest BCUT2D eigenvalue weighted by Crippen LogP contribution is -2.31. The Hall–Kier alpha value is -1.46. The molecule has 0 spiro atoms. The molecule has 0 bridgehead atoms. The third-order valence-electron chi connectivity index (χ3n) is 1.68. The fourth-order valence-electron chi connectivity index (χ4n) is 0.961. The monoisotopic (exact) mass is 246 g/mol. The van der Waals surface area contributed by atoms with Crippen LogP contribution in [0, 0.1) is 0 Å². The predicted octanol–water partition coefficient (Wildman–Crippen LogP) is 1.16. The highest BCUT2D eigenvalue weighted by molar-refractivity contribution is 5.85. The van der Waals surface area contributed by atoms with Crippen molar-refractivity contribution >= 4 is 18.5 Å². The summed E-state index contributed by atoms with van der Waals surface area (Å²) in [6.07, 6.45) is -0.509. The van der Waals surface area contributed by atoms with Gasteiger partial charge in [0, 0.05) is 13.1 Å². The number of carbonyl (C=O) groups is 1. The summed E-state index contributed by atoms with van der Waals surface area (Å²) in [4.78, 5) is 11.1. The molecule has 0 saturated carbocycles. The van der Waals surface area contributed by atoms with E-state index in [1.807, 2.05) is 0 Å². The van der Waals surface area contributed by atoms with Crippen LogP contribution in [0.5, 0.6) is 11.5 Å². The van der Waals surface area contributed by atoms with E-state index < -0.39 is 6.09 Å². The number of amides is 1. The highest BCUT2D eigenvalue weighted by Gasteiger charge is 2.02. The van der Waals surface area contributed by atoms with Crippen molar-refractivity contribution in [2.24, 2.45) is 5.73 Å². The van der Waals surface area contributed by atoms with Gasteiger partial charge in [-0.15, -0.1) is 12.4 Å². The maximum Gasteiger partial charge on any atom is 0.412 e. The second kappa shape index (κ2) is 7.78. The zero-order valence-corrected chi connectivity index (χ0v) is 9.75. The van der Waals surface area contributed by atoms with Crippen molar-refractivity contribution in [1.82, 2.24) is 5.32 Å². The number of ether oxygens (including phenoxy) is 2. The molecule has 0 unspecified atom stereocenters. The van der Waals surface area contributed by atoms with Crippen molar-refractivity contribution in [2.45, 2.75) is 0 Å². The van der Waals surface area contributed by atoms with Gasteiger partial charge in [-0.1, -0.05) is 0 Å². The second-order valence-electron chi connectivity index (χ2n) is 2.78. The Bertz CT molecular complexity index is 316. The molecule has 1 aromatic rings. The standard InChI is InChI=1S/C10H14N2O3.ClH/c1-14-8-2-4-9(5-3-8)15-10(13)12-7-6-11;/h2-5H,6-7,11H2,1H3,(H,12,13);1H. The van der Waals surface area contributed by atoms with E-state index in [0.717, 1.165) is 0 Å². The van der Waals surface area contributed by atoms with Gasteiger partial charge in [-0.25, -0.2) is 4.79 Å². The molecule has 0 aliphatic carbocycles. The SMILES string of the molecule is COc1ccc(OC(=O)NCCN)cc1.Cl. The van der Waals surface area contributed by atoms with Gasteiger partial charge in [0.2, 0.25) is 0 Å². The van der Waals surface area contributed by atoms with Crippen LogP contribution in [-0.4, -0.2) is 26.3 Å². The number of nitrogens with one attached hydrogen (secondary N) is 1. The maximum atomic E-state index is 11.1. The predicted molar refractivity (Wildman–Crippen MR) is 63.3 cm³/mol. The number of rotatable bonds is 4. The fourth-order valence-corrected chi connectivity index (χ4v) is 0.961. The zero-order chi connectivity index (χ0) is 11.1. The normalized spacial score (nSPS) is 8.88. The average Bonchev–Trinajstić information content (AvgIpc) is 2.27. The van der Waals surface area contributed by atoms with Crippen molar-refractivity contribution < 1.29 is 14.3 Å². The van der Waals surface area contributed by atoms with Gasteiger partial charge < -0.3 is 20.5 Å². The van der Waals surface area contributed by atoms with E-state index in [-0.39, 0.29) is 12.4 Å². The average molecular weight is 247 g/mol. The van der Waals surface area contributed by atoms with Gasteiger partial charge in [0.1, 0.15) is 11.5 Å². The van der Waals surface area contributed by atoms with Gasteiger partial charge in [0.05, 0.1) is 7.11 Å². The van der Waals surface area contributed by atoms with E-state index in [0.29, 0.717) is 24.6 Å². The van der Waals surface area contributed by atoms with Crippen molar-refractivity contribution in [1.29, 1.82) is 0 Å². The van der Waals surface area contributed by atoms with Gasteiger partial charge in [-0.2, -0.15) is 0 Å². The number of carbonyl (C=O) groups excluding carboxylic acids is 1. The molecular weight excluding hydrogens is 232 g/mol. The molecule has 5 nitrogen and oxygen atoms in total. The van der Waals surface area contributed by atoms with Crippen molar-refractivity contribution in [3.05, 3.63) is 24.3 Å². The molecule has 3 N–H and O–H groups in total. The molecule has 90 valence electrons. The molecule has 0 atom stereocenters. The van der Waals surface area contributed by atoms with E-state index in [1.54, 1.807) is 31.4 Å². The molecule has 0 heterocycles. The van der Waals surface area contributed by atoms with Gasteiger partial charge in [-0.3, -0.25) is 0 Å². The molecule has 16 heavy (non-hydrogen) atoms. The number of methoxy groups -OCH3 is 1. The lowest BCUT2D eigenvalue weighted by Gasteiger charge is -2.05. The number of hydrogen-bond acceptors (Lipinski definition) is 4. The van der Waals surface area contributed by atoms with Crippen LogP contribution in [0.4, 0.5) is 4.79 Å². The van der Waals surface area contributed by atoms with Gasteiger partial charge >= 0.3 is 6.09 Å². The van der Waals surface area contributed by atoms with Crippen molar-refractivity contribution in [3.8, 4) is 11.5 Å². The van der Waals surface area contributed by atoms with E-state index in [4.69, 9.17) is 15.2 Å². The molecular formula is C10H15ClN2O3. The van der Waals surface area contributed by atoms with E-state index >= 15 is 0 Å². The molecule has 0 radical (unpaired) electrons. The summed E-state index contributed by atoms with van der Waals surface area (Å²) in [6, 6.07) is 6.73. The highest BCUT2D eigenvalue weighted by Crippen LogP contribution is 2.16. The van der Waals surface area contributed by atoms with Crippen LogP contribution in [0.1, 0.15) is 0 Å². The number of halogens is 1. The minimum absolute atomic E-state index is 0. The first-order valence-corrected chi connectivity index (χ1v) is 4.56. The summed E-state index contributed by atoms with van der Waals surface area (Å²) >= 11 is 0. The Morgan fingerprint density at radius 2 is 1.88 bits per heavy atom. The molecule has 0 aliphatic heterocycles. The number of benzene rings is 1. The molecule has 0 aromatic heterocycles. The third kappa shape index (κ3) is 4.86. The first-order chi connectivity index (χ1) is 7.26. The summed E-state index contributed by atoms with van der Waals surface area (Å²) in [5.41, 5.74) is 5.22. The lowest BCUT2D eigenvalue weighted by atomic mass is 10.3. The van der Waals surface area contributed by atoms with Crippen LogP contribution < -0.4 is 20.5 Å². The van der Waals surface area contributed by atoms with Crippen LogP contribution in [0.15, 0.2) is 24.3 Å². The van der Waals surface area contributed by atoms with Gasteiger partial charge in [0.25, 0.3) is 0 Å². The quantitative estimate of drug-likeness (QED) is 0.836. The Morgan fingerprint density at radius 1 is 1.31 bits per heavy atom. The summed E-state index contributed by atoms with van der Waals surface area (Å²) in [6.45, 7) is 0.784. The van der Waals surface area contributed by atoms with Gasteiger partial charge in [0.15, 0.2) is 0 Å². The molecule has 0 aliphatic rings. The Balaban J connectivity index is 0.00000225. The first kappa shape index (κ1) is 14.5. The molecule has 6 heteroatoms. The van der Waals surface area contributed by atoms with E-state index in [9.17, 15) is 4.79 Å². The molecule has 1 amide bonds. The van der Waals surface area contributed by atoms with Crippen LogP contribution in [0.2, 0.25) is 0 Å². The zero-order valence-electron chi connectivity index (χ0n) is 8.93. The molecule has 0 fully saturated rings. The molecule has 1 aromatic carbocycles. The Kier molecular flexibility index (Phi) is 7.07. The van der Waals surface area contributed by atoms with Crippen molar-refractivity contribution in [3.63, 3.8) is 0 Å². The third-order valence-corrected chi connectivity index (χ3v) is 1.68. The Morgan fingerprint density at radius 3 is 2.38 bits per heavy atom. The summed E-state index contributed by atoms with van der Waals surface area (Å²) in [7, 11) is 1.57. The maximum absolute atomic E-state index is 11.1. The largest absolute Gasteiger partial charge is 0.497 e. The lowest BCUT2D eigenvalue weighted by molar-refractivity contribution is 0.201. The number of nitrogens with two attached hydrogens (primary N) is 1.